The van der Waals surface area contributed by atoms with Gasteiger partial charge in [0.1, 0.15) is 11.6 Å². The van der Waals surface area contributed by atoms with E-state index in [9.17, 15) is 10.1 Å². The maximum Gasteiger partial charge on any atom is 0.404 e. The molecule has 0 fully saturated rings. The van der Waals surface area contributed by atoms with Gasteiger partial charge < -0.3 is 9.73 Å². The number of carbonyl (C=O) groups is 1. The van der Waals surface area contributed by atoms with Crippen LogP contribution in [0, 0.1) is 24.1 Å². The molecule has 1 heterocycles. The van der Waals surface area contributed by atoms with E-state index in [1.807, 2.05) is 32.3 Å². The molecule has 3 aromatic rings. The van der Waals surface area contributed by atoms with Crippen molar-refractivity contribution in [1.82, 2.24) is 14.8 Å². The number of halogens is 1. The first kappa shape index (κ1) is 19.5. The number of rotatable bonds is 5. The molecule has 144 valence electrons. The second-order valence-corrected chi connectivity index (χ2v) is 7.17. The van der Waals surface area contributed by atoms with Crippen LogP contribution < -0.4 is 9.80 Å². The van der Waals surface area contributed by atoms with Crippen molar-refractivity contribution in [3.8, 4) is 17.2 Å². The molecular formula is C21H22FN4O2+. The van der Waals surface area contributed by atoms with Gasteiger partial charge in [-0.05, 0) is 18.1 Å². The van der Waals surface area contributed by atoms with Gasteiger partial charge in [0, 0.05) is 12.6 Å². The average molecular weight is 381 g/mol. The first-order valence-corrected chi connectivity index (χ1v) is 8.92. The van der Waals surface area contributed by atoms with Crippen LogP contribution in [-0.2, 0) is 4.79 Å². The minimum Gasteiger partial charge on any atom is -0.392 e. The number of hydrogen-bond donors (Lipinski definition) is 1. The Morgan fingerprint density at radius 3 is 2.61 bits per heavy atom. The number of quaternary nitrogens is 1. The monoisotopic (exact) mass is 381 g/mol. The molecule has 3 rings (SSSR count). The molecule has 0 unspecified atom stereocenters. The van der Waals surface area contributed by atoms with Gasteiger partial charge in [0.05, 0.1) is 32.6 Å². The first-order chi connectivity index (χ1) is 13.3. The Morgan fingerprint density at radius 2 is 2.00 bits per heavy atom. The minimum absolute atomic E-state index is 0.0397. The lowest BCUT2D eigenvalue weighted by atomic mass is 9.95. The highest BCUT2D eigenvalue weighted by atomic mass is 19.1. The lowest BCUT2D eigenvalue weighted by Gasteiger charge is -2.23. The van der Waals surface area contributed by atoms with E-state index in [2.05, 4.69) is 16.4 Å². The Bertz CT molecular complexity index is 1080. The summed E-state index contributed by atoms with van der Waals surface area (Å²) in [5.74, 6) is -0.642. The van der Waals surface area contributed by atoms with E-state index in [0.29, 0.717) is 23.2 Å². The number of nitriles is 1. The van der Waals surface area contributed by atoms with E-state index in [0.717, 1.165) is 0 Å². The average Bonchev–Trinajstić information content (AvgIpc) is 3.14. The highest BCUT2D eigenvalue weighted by Crippen LogP contribution is 2.37. The van der Waals surface area contributed by atoms with Gasteiger partial charge in [-0.1, -0.05) is 30.3 Å². The van der Waals surface area contributed by atoms with E-state index >= 15 is 4.39 Å². The number of nitrogens with one attached hydrogen (secondary N) is 1. The fourth-order valence-corrected chi connectivity index (χ4v) is 3.15. The highest BCUT2D eigenvalue weighted by Gasteiger charge is 2.31. The van der Waals surface area contributed by atoms with Gasteiger partial charge in [0.2, 0.25) is 5.91 Å². The molecule has 7 heteroatoms. The summed E-state index contributed by atoms with van der Waals surface area (Å²) in [4.78, 5) is 16.0. The largest absolute Gasteiger partial charge is 0.404 e. The summed E-state index contributed by atoms with van der Waals surface area (Å²) in [5, 5.41) is 12.3. The SMILES string of the molecule is CNC(=O)CC[N+](C)(C)c1nc2c(C#N)c(C)c(-c3ccccc3)c(F)c2o1. The zero-order chi connectivity index (χ0) is 20.5. The molecule has 0 aliphatic heterocycles. The summed E-state index contributed by atoms with van der Waals surface area (Å²) in [6.45, 7) is 2.13. The number of fused-ring (bicyclic) bond motifs is 1. The molecule has 0 bridgehead atoms. The summed E-state index contributed by atoms with van der Waals surface area (Å²) in [6.07, 6.45) is 0.268. The molecule has 28 heavy (non-hydrogen) atoms. The van der Waals surface area contributed by atoms with Crippen LogP contribution in [-0.4, -0.2) is 38.6 Å². The van der Waals surface area contributed by atoms with Gasteiger partial charge in [-0.3, -0.25) is 4.79 Å². The standard InChI is InChI=1S/C21H21FN4O2/c1-13-15(12-23)19-20(18(22)17(13)14-8-6-5-7-9-14)28-21(25-19)26(3,4)11-10-16(27)24-2/h5-9H,10-11H2,1-4H3/p+1. The number of aromatic nitrogens is 1. The summed E-state index contributed by atoms with van der Waals surface area (Å²) in [7, 11) is 5.22. The van der Waals surface area contributed by atoms with Crippen LogP contribution in [0.25, 0.3) is 22.2 Å². The van der Waals surface area contributed by atoms with Crippen molar-refractivity contribution in [2.24, 2.45) is 0 Å². The zero-order valence-corrected chi connectivity index (χ0v) is 16.3. The number of oxazole rings is 1. The van der Waals surface area contributed by atoms with Crippen LogP contribution in [0.5, 0.6) is 0 Å². The number of benzene rings is 2. The Morgan fingerprint density at radius 1 is 1.32 bits per heavy atom. The van der Waals surface area contributed by atoms with Crippen LogP contribution in [0.4, 0.5) is 10.4 Å². The second kappa shape index (κ2) is 7.41. The Labute approximate surface area is 162 Å². The molecule has 0 saturated heterocycles. The molecule has 1 aromatic heterocycles. The van der Waals surface area contributed by atoms with Crippen molar-refractivity contribution in [2.75, 3.05) is 27.7 Å². The molecule has 2 aromatic carbocycles. The molecule has 1 N–H and O–H groups in total. The molecule has 0 saturated carbocycles. The van der Waals surface area contributed by atoms with Gasteiger partial charge in [-0.15, -0.1) is 0 Å². The minimum atomic E-state index is -0.539. The molecular weight excluding hydrogens is 359 g/mol. The van der Waals surface area contributed by atoms with E-state index in [4.69, 9.17) is 4.42 Å². The third kappa shape index (κ3) is 3.35. The van der Waals surface area contributed by atoms with Crippen molar-refractivity contribution in [1.29, 1.82) is 5.26 Å². The third-order valence-electron chi connectivity index (χ3n) is 4.89. The van der Waals surface area contributed by atoms with E-state index in [1.54, 1.807) is 26.1 Å². The third-order valence-corrected chi connectivity index (χ3v) is 4.89. The predicted molar refractivity (Wildman–Crippen MR) is 106 cm³/mol. The first-order valence-electron chi connectivity index (χ1n) is 8.92. The Kier molecular flexibility index (Phi) is 5.16. The van der Waals surface area contributed by atoms with Crippen molar-refractivity contribution < 1.29 is 13.6 Å². The summed E-state index contributed by atoms with van der Waals surface area (Å²) < 4.78 is 21.3. The summed E-state index contributed by atoms with van der Waals surface area (Å²) in [5.41, 5.74) is 1.98. The highest BCUT2D eigenvalue weighted by molar-refractivity contribution is 5.90. The smallest absolute Gasteiger partial charge is 0.392 e. The lowest BCUT2D eigenvalue weighted by Crippen LogP contribution is -2.43. The van der Waals surface area contributed by atoms with Gasteiger partial charge in [0.15, 0.2) is 11.4 Å². The van der Waals surface area contributed by atoms with Gasteiger partial charge in [-0.25, -0.2) is 8.87 Å². The quantitative estimate of drug-likeness (QED) is 0.686. The van der Waals surface area contributed by atoms with Crippen LogP contribution >= 0.6 is 0 Å². The number of amides is 1. The number of carbonyl (C=O) groups excluding carboxylic acids is 1. The van der Waals surface area contributed by atoms with Crippen LogP contribution in [0.3, 0.4) is 0 Å². The predicted octanol–water partition coefficient (Wildman–Crippen LogP) is 3.52. The van der Waals surface area contributed by atoms with Crippen molar-refractivity contribution in [2.45, 2.75) is 13.3 Å². The van der Waals surface area contributed by atoms with E-state index in [1.165, 1.54) is 0 Å². The topological polar surface area (TPSA) is 78.9 Å². The van der Waals surface area contributed by atoms with Gasteiger partial charge in [0.25, 0.3) is 0 Å². The van der Waals surface area contributed by atoms with E-state index < -0.39 is 5.82 Å². The number of hydrogen-bond acceptors (Lipinski definition) is 4. The van der Waals surface area contributed by atoms with Gasteiger partial charge in [-0.2, -0.15) is 10.2 Å². The summed E-state index contributed by atoms with van der Waals surface area (Å²) in [6, 6.07) is 11.4. The molecule has 0 atom stereocenters. The molecule has 0 aliphatic carbocycles. The fraction of sp³-hybridized carbons (Fsp3) is 0.286. The molecule has 0 aliphatic rings. The van der Waals surface area contributed by atoms with E-state index in [-0.39, 0.29) is 39.5 Å². The normalized spacial score (nSPS) is 11.4. The molecule has 6 nitrogen and oxygen atoms in total. The maximum atomic E-state index is 15.4. The molecule has 0 radical (unpaired) electrons. The van der Waals surface area contributed by atoms with Crippen molar-refractivity contribution in [3.63, 3.8) is 0 Å². The summed E-state index contributed by atoms with van der Waals surface area (Å²) >= 11 is 0. The number of nitrogens with zero attached hydrogens (tertiary/aromatic N) is 3. The molecule has 1 amide bonds. The lowest BCUT2D eigenvalue weighted by molar-refractivity contribution is -0.120. The van der Waals surface area contributed by atoms with Crippen LogP contribution in [0.1, 0.15) is 17.5 Å². The Balaban J connectivity index is 2.18. The van der Waals surface area contributed by atoms with Crippen LogP contribution in [0.2, 0.25) is 0 Å². The maximum absolute atomic E-state index is 15.4. The van der Waals surface area contributed by atoms with Gasteiger partial charge >= 0.3 is 6.01 Å². The van der Waals surface area contributed by atoms with Crippen LogP contribution in [0.15, 0.2) is 34.7 Å². The van der Waals surface area contributed by atoms with Crippen molar-refractivity contribution >= 4 is 23.0 Å². The zero-order valence-electron chi connectivity index (χ0n) is 16.3. The molecule has 0 spiro atoms. The second-order valence-electron chi connectivity index (χ2n) is 7.17. The van der Waals surface area contributed by atoms with Crippen molar-refractivity contribution in [3.05, 3.63) is 47.3 Å². The fourth-order valence-electron chi connectivity index (χ4n) is 3.15. The Hall–Kier alpha value is -3.24.